The lowest BCUT2D eigenvalue weighted by molar-refractivity contribution is 0.122. The number of aromatic nitrogens is 1. The van der Waals surface area contributed by atoms with E-state index in [1.165, 1.54) is 10.9 Å². The summed E-state index contributed by atoms with van der Waals surface area (Å²) in [5.41, 5.74) is 2.44. The Hall–Kier alpha value is -1.61. The minimum absolute atomic E-state index is 0.800. The summed E-state index contributed by atoms with van der Waals surface area (Å²) in [6, 6.07) is 10.8. The molecule has 1 aromatic heterocycles. The average Bonchev–Trinajstić information content (AvgIpc) is 2.47. The van der Waals surface area contributed by atoms with Crippen molar-refractivity contribution < 1.29 is 4.74 Å². The van der Waals surface area contributed by atoms with Crippen molar-refractivity contribution in [1.82, 2.24) is 4.98 Å². The number of fused-ring (bicyclic) bond motifs is 1. The molecule has 94 valence electrons. The molecule has 1 aliphatic rings. The number of hydrogen-bond acceptors (Lipinski definition) is 3. The van der Waals surface area contributed by atoms with Gasteiger partial charge in [-0.05, 0) is 36.2 Å². The van der Waals surface area contributed by atoms with Crippen LogP contribution in [-0.4, -0.2) is 31.3 Å². The average molecular weight is 242 g/mol. The summed E-state index contributed by atoms with van der Waals surface area (Å²) < 4.78 is 5.37. The molecule has 3 rings (SSSR count). The Kier molecular flexibility index (Phi) is 3.15. The van der Waals surface area contributed by atoms with Crippen LogP contribution in [0.5, 0.6) is 0 Å². The molecule has 0 bridgehead atoms. The van der Waals surface area contributed by atoms with E-state index in [-0.39, 0.29) is 0 Å². The first-order valence-corrected chi connectivity index (χ1v) is 6.59. The maximum atomic E-state index is 5.37. The Labute approximate surface area is 107 Å². The van der Waals surface area contributed by atoms with E-state index < -0.39 is 0 Å². The zero-order valence-corrected chi connectivity index (χ0v) is 10.7. The van der Waals surface area contributed by atoms with Gasteiger partial charge in [0.1, 0.15) is 5.82 Å². The van der Waals surface area contributed by atoms with Crippen molar-refractivity contribution in [3.63, 3.8) is 0 Å². The molecule has 0 N–H and O–H groups in total. The van der Waals surface area contributed by atoms with Gasteiger partial charge in [0.25, 0.3) is 0 Å². The second kappa shape index (κ2) is 4.94. The summed E-state index contributed by atoms with van der Waals surface area (Å²) in [6.07, 6.45) is 1.07. The number of pyridine rings is 1. The smallest absolute Gasteiger partial charge is 0.129 e. The number of morpholine rings is 1. The summed E-state index contributed by atoms with van der Waals surface area (Å²) >= 11 is 0. The number of ether oxygens (including phenoxy) is 1. The van der Waals surface area contributed by atoms with E-state index in [2.05, 4.69) is 42.2 Å². The van der Waals surface area contributed by atoms with E-state index in [0.717, 1.165) is 44.1 Å². The van der Waals surface area contributed by atoms with Crippen molar-refractivity contribution >= 4 is 16.7 Å². The maximum absolute atomic E-state index is 5.37. The van der Waals surface area contributed by atoms with Crippen LogP contribution in [0.15, 0.2) is 30.3 Å². The van der Waals surface area contributed by atoms with E-state index in [4.69, 9.17) is 9.72 Å². The Bertz CT molecular complexity index is 547. The van der Waals surface area contributed by atoms with Crippen molar-refractivity contribution in [2.75, 3.05) is 31.2 Å². The highest BCUT2D eigenvalue weighted by Crippen LogP contribution is 2.20. The van der Waals surface area contributed by atoms with Crippen LogP contribution in [0.3, 0.4) is 0 Å². The lowest BCUT2D eigenvalue weighted by atomic mass is 10.1. The summed E-state index contributed by atoms with van der Waals surface area (Å²) in [5.74, 6) is 1.06. The molecule has 18 heavy (non-hydrogen) atoms. The number of benzene rings is 1. The standard InChI is InChI=1S/C15H18N2O/c1-2-12-3-5-14-13(11-12)4-6-15(16-14)17-7-9-18-10-8-17/h3-6,11H,2,7-10H2,1H3. The first-order valence-electron chi connectivity index (χ1n) is 6.59. The van der Waals surface area contributed by atoms with Gasteiger partial charge in [-0.2, -0.15) is 0 Å². The molecule has 0 spiro atoms. The highest BCUT2D eigenvalue weighted by atomic mass is 16.5. The van der Waals surface area contributed by atoms with Crippen LogP contribution in [0.25, 0.3) is 10.9 Å². The minimum Gasteiger partial charge on any atom is -0.378 e. The van der Waals surface area contributed by atoms with E-state index in [1.54, 1.807) is 0 Å². The van der Waals surface area contributed by atoms with Gasteiger partial charge in [-0.3, -0.25) is 0 Å². The zero-order valence-electron chi connectivity index (χ0n) is 10.7. The highest BCUT2D eigenvalue weighted by Gasteiger charge is 2.12. The number of hydrogen-bond donors (Lipinski definition) is 0. The molecule has 0 unspecified atom stereocenters. The van der Waals surface area contributed by atoms with Crippen molar-refractivity contribution in [3.05, 3.63) is 35.9 Å². The van der Waals surface area contributed by atoms with Gasteiger partial charge < -0.3 is 9.64 Å². The second-order valence-electron chi connectivity index (χ2n) is 4.65. The predicted molar refractivity (Wildman–Crippen MR) is 74.2 cm³/mol. The lowest BCUT2D eigenvalue weighted by Crippen LogP contribution is -2.36. The first kappa shape index (κ1) is 11.5. The van der Waals surface area contributed by atoms with Gasteiger partial charge in [0, 0.05) is 18.5 Å². The molecule has 2 heterocycles. The summed E-state index contributed by atoms with van der Waals surface area (Å²) in [4.78, 5) is 7.03. The largest absolute Gasteiger partial charge is 0.378 e. The third kappa shape index (κ3) is 2.18. The third-order valence-corrected chi connectivity index (χ3v) is 3.48. The molecule has 0 aliphatic carbocycles. The number of rotatable bonds is 2. The van der Waals surface area contributed by atoms with Crippen LogP contribution < -0.4 is 4.90 Å². The molecule has 1 aromatic carbocycles. The fraction of sp³-hybridized carbons (Fsp3) is 0.400. The van der Waals surface area contributed by atoms with E-state index in [0.29, 0.717) is 0 Å². The summed E-state index contributed by atoms with van der Waals surface area (Å²) in [7, 11) is 0. The van der Waals surface area contributed by atoms with E-state index in [1.807, 2.05) is 0 Å². The summed E-state index contributed by atoms with van der Waals surface area (Å²) in [5, 5.41) is 1.23. The topological polar surface area (TPSA) is 25.4 Å². The fourth-order valence-corrected chi connectivity index (χ4v) is 2.35. The molecule has 2 aromatic rings. The Morgan fingerprint density at radius 3 is 2.78 bits per heavy atom. The van der Waals surface area contributed by atoms with Crippen LogP contribution in [0, 0.1) is 0 Å². The van der Waals surface area contributed by atoms with Crippen molar-refractivity contribution in [2.24, 2.45) is 0 Å². The summed E-state index contributed by atoms with van der Waals surface area (Å²) in [6.45, 7) is 5.65. The van der Waals surface area contributed by atoms with Gasteiger partial charge in [0.15, 0.2) is 0 Å². The molecule has 0 radical (unpaired) electrons. The molecule has 3 heteroatoms. The van der Waals surface area contributed by atoms with Crippen LogP contribution in [-0.2, 0) is 11.2 Å². The Morgan fingerprint density at radius 1 is 1.17 bits per heavy atom. The minimum atomic E-state index is 0.800. The molecule has 1 aliphatic heterocycles. The number of nitrogens with zero attached hydrogens (tertiary/aromatic N) is 2. The third-order valence-electron chi connectivity index (χ3n) is 3.48. The van der Waals surface area contributed by atoms with Crippen molar-refractivity contribution in [2.45, 2.75) is 13.3 Å². The highest BCUT2D eigenvalue weighted by molar-refractivity contribution is 5.81. The molecular formula is C15H18N2O. The lowest BCUT2D eigenvalue weighted by Gasteiger charge is -2.27. The predicted octanol–water partition coefficient (Wildman–Crippen LogP) is 2.63. The van der Waals surface area contributed by atoms with Crippen molar-refractivity contribution in [1.29, 1.82) is 0 Å². The van der Waals surface area contributed by atoms with E-state index >= 15 is 0 Å². The van der Waals surface area contributed by atoms with Crippen LogP contribution in [0.4, 0.5) is 5.82 Å². The molecule has 3 nitrogen and oxygen atoms in total. The zero-order chi connectivity index (χ0) is 12.4. The Balaban J connectivity index is 1.95. The second-order valence-corrected chi connectivity index (χ2v) is 4.65. The van der Waals surface area contributed by atoms with Gasteiger partial charge >= 0.3 is 0 Å². The Morgan fingerprint density at radius 2 is 2.00 bits per heavy atom. The van der Waals surface area contributed by atoms with Gasteiger partial charge in [-0.25, -0.2) is 4.98 Å². The normalized spacial score (nSPS) is 16.2. The molecule has 1 fully saturated rings. The van der Waals surface area contributed by atoms with E-state index in [9.17, 15) is 0 Å². The monoisotopic (exact) mass is 242 g/mol. The van der Waals surface area contributed by atoms with Gasteiger partial charge in [-0.1, -0.05) is 13.0 Å². The van der Waals surface area contributed by atoms with Crippen LogP contribution in [0.1, 0.15) is 12.5 Å². The number of anilines is 1. The molecule has 0 atom stereocenters. The first-order chi connectivity index (χ1) is 8.86. The quantitative estimate of drug-likeness (QED) is 0.809. The SMILES string of the molecule is CCc1ccc2nc(N3CCOCC3)ccc2c1. The molecule has 0 amide bonds. The van der Waals surface area contributed by atoms with Gasteiger partial charge in [0.2, 0.25) is 0 Å². The van der Waals surface area contributed by atoms with Crippen LogP contribution >= 0.6 is 0 Å². The van der Waals surface area contributed by atoms with Gasteiger partial charge in [-0.15, -0.1) is 0 Å². The fourth-order valence-electron chi connectivity index (χ4n) is 2.35. The molecule has 1 saturated heterocycles. The molecule has 0 saturated carbocycles. The number of aryl methyl sites for hydroxylation is 1. The van der Waals surface area contributed by atoms with Gasteiger partial charge in [0.05, 0.1) is 18.7 Å². The maximum Gasteiger partial charge on any atom is 0.129 e. The van der Waals surface area contributed by atoms with Crippen LogP contribution in [0.2, 0.25) is 0 Å². The van der Waals surface area contributed by atoms with Crippen molar-refractivity contribution in [3.8, 4) is 0 Å². The molecular weight excluding hydrogens is 224 g/mol.